The van der Waals surface area contributed by atoms with Crippen LogP contribution in [0.5, 0.6) is 0 Å². The van der Waals surface area contributed by atoms with Gasteiger partial charge >= 0.3 is 37.1 Å². The van der Waals surface area contributed by atoms with Crippen LogP contribution in [-0.2, 0) is 37.1 Å². The number of hydrogen-bond donors (Lipinski definition) is 6. The molecule has 4 rings (SSSR count). The van der Waals surface area contributed by atoms with Gasteiger partial charge in [-0.2, -0.15) is 79.0 Å². The third-order valence-electron chi connectivity index (χ3n) is 9.19. The quantitative estimate of drug-likeness (QED) is 0.0929. The standard InChI is InChI=1S/C36H30F18N6S3/c37-31(38,39)19-4-20(32(40,41)42)8-25(7-19)58-28(61)55-13-16-1-17(14-56-29(62)59-26-9-21(33(43,44)45)5-22(10-26)34(46,47)48)3-18(2-16)15-57-30(63)60-27-11-23(35(49,50)51)6-24(12-27)36(52,53)54/h4-12,16-18H,1-3,13-15H2,(H2,55,58,61)(H2,56,59,62)(H2,57,60,63). The van der Waals surface area contributed by atoms with E-state index in [-0.39, 0.29) is 57.1 Å². The van der Waals surface area contributed by atoms with Crippen molar-refractivity contribution in [3.63, 3.8) is 0 Å². The summed E-state index contributed by atoms with van der Waals surface area (Å²) in [6.45, 7) is -0.237. The smallest absolute Gasteiger partial charge is 0.362 e. The average Bonchev–Trinajstić information content (AvgIpc) is 3.13. The summed E-state index contributed by atoms with van der Waals surface area (Å²) in [4.78, 5) is 0. The largest absolute Gasteiger partial charge is 0.416 e. The van der Waals surface area contributed by atoms with Gasteiger partial charge in [0.05, 0.1) is 33.4 Å². The summed E-state index contributed by atoms with van der Waals surface area (Å²) in [6, 6.07) is 2.11. The van der Waals surface area contributed by atoms with Crippen molar-refractivity contribution in [3.8, 4) is 0 Å². The molecule has 0 unspecified atom stereocenters. The maximum absolute atomic E-state index is 13.4. The molecule has 0 radical (unpaired) electrons. The van der Waals surface area contributed by atoms with Gasteiger partial charge in [-0.15, -0.1) is 0 Å². The van der Waals surface area contributed by atoms with Crippen LogP contribution < -0.4 is 31.9 Å². The van der Waals surface area contributed by atoms with E-state index in [1.807, 2.05) is 0 Å². The van der Waals surface area contributed by atoms with Crippen molar-refractivity contribution in [2.24, 2.45) is 17.8 Å². The summed E-state index contributed by atoms with van der Waals surface area (Å²) in [5.74, 6) is -1.32. The van der Waals surface area contributed by atoms with Crippen molar-refractivity contribution in [1.29, 1.82) is 0 Å². The lowest BCUT2D eigenvalue weighted by Gasteiger charge is -2.36. The van der Waals surface area contributed by atoms with Crippen LogP contribution in [0.25, 0.3) is 0 Å². The van der Waals surface area contributed by atoms with E-state index in [9.17, 15) is 79.0 Å². The Bertz CT molecular complexity index is 1790. The van der Waals surface area contributed by atoms with E-state index in [1.54, 1.807) is 0 Å². The van der Waals surface area contributed by atoms with E-state index in [4.69, 9.17) is 36.7 Å². The maximum Gasteiger partial charge on any atom is 0.416 e. The van der Waals surface area contributed by atoms with Gasteiger partial charge in [0.2, 0.25) is 0 Å². The molecule has 0 amide bonds. The molecule has 1 aliphatic rings. The molecule has 3 aromatic carbocycles. The number of thiocarbonyl (C=S) groups is 3. The SMILES string of the molecule is FC(F)(F)c1cc(NC(=S)NCC2CC(CNC(=S)Nc3cc(C(F)(F)F)cc(C(F)(F)F)c3)CC(CNC(=S)Nc3cc(C(F)(F)F)cc(C(F)(F)F)c3)C2)cc(C(F)(F)F)c1. The highest BCUT2D eigenvalue weighted by atomic mass is 32.1. The Kier molecular flexibility index (Phi) is 15.6. The van der Waals surface area contributed by atoms with Crippen LogP contribution in [-0.4, -0.2) is 35.0 Å². The van der Waals surface area contributed by atoms with Crippen LogP contribution in [0.15, 0.2) is 54.6 Å². The molecule has 0 aliphatic heterocycles. The zero-order chi connectivity index (χ0) is 47.5. The van der Waals surface area contributed by atoms with Crippen LogP contribution in [0.2, 0.25) is 0 Å². The van der Waals surface area contributed by atoms with Gasteiger partial charge < -0.3 is 31.9 Å². The molecule has 0 spiro atoms. The van der Waals surface area contributed by atoms with Crippen molar-refractivity contribution >= 4 is 69.1 Å². The van der Waals surface area contributed by atoms with Crippen LogP contribution in [0.1, 0.15) is 52.6 Å². The fraction of sp³-hybridized carbons (Fsp3) is 0.417. The highest BCUT2D eigenvalue weighted by Crippen LogP contribution is 2.41. The number of alkyl halides is 18. The van der Waals surface area contributed by atoms with Crippen molar-refractivity contribution in [2.75, 3.05) is 35.6 Å². The number of halogens is 18. The fourth-order valence-electron chi connectivity index (χ4n) is 6.52. The normalized spacial score (nSPS) is 17.7. The Labute approximate surface area is 360 Å². The molecule has 0 atom stereocenters. The molecule has 0 aromatic heterocycles. The van der Waals surface area contributed by atoms with Crippen LogP contribution in [0.3, 0.4) is 0 Å². The Hall–Kier alpha value is -4.53. The summed E-state index contributed by atoms with van der Waals surface area (Å²) in [5.41, 5.74) is -11.7. The monoisotopic (exact) mass is 984 g/mol. The predicted molar refractivity (Wildman–Crippen MR) is 206 cm³/mol. The minimum Gasteiger partial charge on any atom is -0.362 e. The Balaban J connectivity index is 1.49. The molecule has 6 nitrogen and oxygen atoms in total. The number of benzene rings is 3. The van der Waals surface area contributed by atoms with Crippen LogP contribution in [0.4, 0.5) is 96.1 Å². The summed E-state index contributed by atoms with van der Waals surface area (Å²) in [6.07, 6.45) is -30.2. The van der Waals surface area contributed by atoms with Gasteiger partial charge in [-0.1, -0.05) is 0 Å². The highest BCUT2D eigenvalue weighted by Gasteiger charge is 2.40. The molecular formula is C36H30F18N6S3. The molecule has 1 fully saturated rings. The average molecular weight is 985 g/mol. The third-order valence-corrected chi connectivity index (χ3v) is 9.93. The molecule has 0 bridgehead atoms. The van der Waals surface area contributed by atoms with Crippen LogP contribution in [0, 0.1) is 17.8 Å². The lowest BCUT2D eigenvalue weighted by molar-refractivity contribution is -0.144. The van der Waals surface area contributed by atoms with E-state index in [1.165, 1.54) is 0 Å². The second-order valence-electron chi connectivity index (χ2n) is 14.2. The van der Waals surface area contributed by atoms with E-state index in [0.29, 0.717) is 36.4 Å². The predicted octanol–water partition coefficient (Wildman–Crippen LogP) is 12.1. The fourth-order valence-corrected chi connectivity index (χ4v) is 7.12. The van der Waals surface area contributed by atoms with E-state index in [2.05, 4.69) is 31.9 Å². The first kappa shape index (κ1) is 51.1. The zero-order valence-corrected chi connectivity index (χ0v) is 33.6. The van der Waals surface area contributed by atoms with Gasteiger partial charge in [-0.05, 0) is 128 Å². The number of rotatable bonds is 9. The van der Waals surface area contributed by atoms with Crippen molar-refractivity contribution in [3.05, 3.63) is 88.0 Å². The molecule has 6 N–H and O–H groups in total. The van der Waals surface area contributed by atoms with Crippen molar-refractivity contribution in [1.82, 2.24) is 16.0 Å². The van der Waals surface area contributed by atoms with Crippen LogP contribution >= 0.6 is 36.7 Å². The van der Waals surface area contributed by atoms with Gasteiger partial charge in [0.25, 0.3) is 0 Å². The van der Waals surface area contributed by atoms with Gasteiger partial charge in [0.15, 0.2) is 15.3 Å². The summed E-state index contributed by atoms with van der Waals surface area (Å²) >= 11 is 15.4. The van der Waals surface area contributed by atoms with Gasteiger partial charge in [-0.3, -0.25) is 0 Å². The molecule has 0 saturated heterocycles. The third kappa shape index (κ3) is 15.6. The van der Waals surface area contributed by atoms with Crippen molar-refractivity contribution in [2.45, 2.75) is 56.3 Å². The first-order valence-electron chi connectivity index (χ1n) is 17.7. The van der Waals surface area contributed by atoms with E-state index < -0.39 is 121 Å². The van der Waals surface area contributed by atoms with E-state index >= 15 is 0 Å². The first-order valence-corrected chi connectivity index (χ1v) is 18.9. The first-order chi connectivity index (χ1) is 28.7. The second-order valence-corrected chi connectivity index (χ2v) is 15.4. The molecule has 3 aromatic rings. The lowest BCUT2D eigenvalue weighted by atomic mass is 9.75. The lowest BCUT2D eigenvalue weighted by Crippen LogP contribution is -2.42. The maximum atomic E-state index is 13.4. The molecule has 63 heavy (non-hydrogen) atoms. The molecular weight excluding hydrogens is 955 g/mol. The Morgan fingerprint density at radius 3 is 0.683 bits per heavy atom. The van der Waals surface area contributed by atoms with Crippen molar-refractivity contribution < 1.29 is 79.0 Å². The zero-order valence-electron chi connectivity index (χ0n) is 31.2. The molecule has 0 heterocycles. The number of anilines is 3. The minimum atomic E-state index is -5.16. The van der Waals surface area contributed by atoms with Gasteiger partial charge in [-0.25, -0.2) is 0 Å². The summed E-state index contributed by atoms with van der Waals surface area (Å²) in [5, 5.41) is 13.7. The topological polar surface area (TPSA) is 72.2 Å². The highest BCUT2D eigenvalue weighted by molar-refractivity contribution is 7.80. The Morgan fingerprint density at radius 2 is 0.524 bits per heavy atom. The number of nitrogens with one attached hydrogen (secondary N) is 6. The van der Waals surface area contributed by atoms with Gasteiger partial charge in [0.1, 0.15) is 0 Å². The molecule has 1 aliphatic carbocycles. The summed E-state index contributed by atoms with van der Waals surface area (Å²) < 4.78 is 241. The molecule has 1 saturated carbocycles. The van der Waals surface area contributed by atoms with E-state index in [0.717, 1.165) is 0 Å². The molecule has 348 valence electrons. The molecule has 27 heteroatoms. The second kappa shape index (κ2) is 19.3. The summed E-state index contributed by atoms with van der Waals surface area (Å²) in [7, 11) is 0. The number of hydrogen-bond acceptors (Lipinski definition) is 3. The minimum absolute atomic E-state index is 0.0791. The Morgan fingerprint density at radius 1 is 0.349 bits per heavy atom. The van der Waals surface area contributed by atoms with Gasteiger partial charge in [0, 0.05) is 36.7 Å².